The van der Waals surface area contributed by atoms with Gasteiger partial charge in [0.2, 0.25) is 5.91 Å². The van der Waals surface area contributed by atoms with Gasteiger partial charge >= 0.3 is 0 Å². The van der Waals surface area contributed by atoms with Crippen molar-refractivity contribution in [3.8, 4) is 0 Å². The second-order valence-corrected chi connectivity index (χ2v) is 2.08. The zero-order valence-corrected chi connectivity index (χ0v) is 6.62. The number of hydrogen-bond acceptors (Lipinski definition) is 2. The highest BCUT2D eigenvalue weighted by atomic mass is 16.2. The van der Waals surface area contributed by atoms with Gasteiger partial charge in [0.15, 0.2) is 0 Å². The molecule has 0 bridgehead atoms. The first-order valence-corrected chi connectivity index (χ1v) is 3.45. The zero-order chi connectivity index (χ0) is 8.69. The fraction of sp³-hybridized carbons (Fsp3) is 0.375. The molecule has 0 unspecified atom stereocenters. The zero-order valence-electron chi connectivity index (χ0n) is 6.62. The van der Waals surface area contributed by atoms with Crippen molar-refractivity contribution in [3.63, 3.8) is 0 Å². The molecule has 3 heteroatoms. The Balaban J connectivity index is 3.95. The summed E-state index contributed by atoms with van der Waals surface area (Å²) in [7, 11) is 0. The van der Waals surface area contributed by atoms with Crippen molar-refractivity contribution in [2.75, 3.05) is 19.6 Å². The largest absolute Gasteiger partial charge is 0.334 e. The van der Waals surface area contributed by atoms with Crippen LogP contribution in [-0.4, -0.2) is 30.4 Å². The second-order valence-electron chi connectivity index (χ2n) is 2.08. The number of nitrogens with two attached hydrogens (primary N) is 1. The topological polar surface area (TPSA) is 46.3 Å². The van der Waals surface area contributed by atoms with Gasteiger partial charge in [-0.15, -0.1) is 13.2 Å². The van der Waals surface area contributed by atoms with Gasteiger partial charge in [-0.3, -0.25) is 4.79 Å². The molecule has 0 aliphatic rings. The molecule has 0 aliphatic carbocycles. The summed E-state index contributed by atoms with van der Waals surface area (Å²) in [5, 5.41) is 0. The molecule has 62 valence electrons. The molecule has 0 aliphatic heterocycles. The normalized spacial score (nSPS) is 8.82. The van der Waals surface area contributed by atoms with Gasteiger partial charge in [0, 0.05) is 13.1 Å². The molecule has 0 spiro atoms. The van der Waals surface area contributed by atoms with Crippen LogP contribution in [0.15, 0.2) is 25.3 Å². The number of rotatable bonds is 5. The quantitative estimate of drug-likeness (QED) is 0.573. The third-order valence-electron chi connectivity index (χ3n) is 1.23. The summed E-state index contributed by atoms with van der Waals surface area (Å²) in [6, 6.07) is 0. The van der Waals surface area contributed by atoms with Crippen molar-refractivity contribution in [2.24, 2.45) is 5.73 Å². The van der Waals surface area contributed by atoms with Crippen LogP contribution >= 0.6 is 0 Å². The number of carbonyl (C=O) groups is 1. The molecular weight excluding hydrogens is 140 g/mol. The molecule has 0 saturated carbocycles. The van der Waals surface area contributed by atoms with Crippen molar-refractivity contribution in [1.82, 2.24) is 4.90 Å². The molecule has 2 N–H and O–H groups in total. The standard InChI is InChI=1S/C8H14N2O/c1-3-5-10(6-4-2)8(11)7-9/h3-4H,1-2,5-7,9H2. The molecule has 0 fully saturated rings. The van der Waals surface area contributed by atoms with E-state index in [9.17, 15) is 4.79 Å². The number of carbonyl (C=O) groups excluding carboxylic acids is 1. The van der Waals surface area contributed by atoms with E-state index < -0.39 is 0 Å². The Hall–Kier alpha value is -1.09. The molecule has 0 aromatic carbocycles. The highest BCUT2D eigenvalue weighted by Crippen LogP contribution is 1.88. The van der Waals surface area contributed by atoms with Crippen LogP contribution in [0.1, 0.15) is 0 Å². The van der Waals surface area contributed by atoms with Crippen molar-refractivity contribution in [3.05, 3.63) is 25.3 Å². The molecule has 0 aromatic heterocycles. The van der Waals surface area contributed by atoms with Crippen LogP contribution in [0.2, 0.25) is 0 Å². The Morgan fingerprint density at radius 1 is 1.36 bits per heavy atom. The van der Waals surface area contributed by atoms with Crippen LogP contribution in [0.5, 0.6) is 0 Å². The minimum absolute atomic E-state index is 0.0433. The van der Waals surface area contributed by atoms with Gasteiger partial charge in [-0.25, -0.2) is 0 Å². The lowest BCUT2D eigenvalue weighted by atomic mass is 10.4. The fourth-order valence-electron chi connectivity index (χ4n) is 0.719. The Bertz CT molecular complexity index is 144. The number of nitrogens with zero attached hydrogens (tertiary/aromatic N) is 1. The summed E-state index contributed by atoms with van der Waals surface area (Å²) in [4.78, 5) is 12.6. The second kappa shape index (κ2) is 5.68. The summed E-state index contributed by atoms with van der Waals surface area (Å²) in [6.45, 7) is 8.16. The van der Waals surface area contributed by atoms with Crippen molar-refractivity contribution < 1.29 is 4.79 Å². The van der Waals surface area contributed by atoms with Gasteiger partial charge in [-0.05, 0) is 0 Å². The highest BCUT2D eigenvalue weighted by molar-refractivity contribution is 5.78. The molecule has 0 atom stereocenters. The van der Waals surface area contributed by atoms with Gasteiger partial charge < -0.3 is 10.6 Å². The van der Waals surface area contributed by atoms with Gasteiger partial charge in [0.05, 0.1) is 6.54 Å². The van der Waals surface area contributed by atoms with Crippen LogP contribution in [0.25, 0.3) is 0 Å². The Morgan fingerprint density at radius 2 is 1.82 bits per heavy atom. The molecule has 0 radical (unpaired) electrons. The van der Waals surface area contributed by atoms with Crippen molar-refractivity contribution in [1.29, 1.82) is 0 Å². The van der Waals surface area contributed by atoms with Crippen LogP contribution in [0.3, 0.4) is 0 Å². The lowest BCUT2D eigenvalue weighted by molar-refractivity contribution is -0.128. The van der Waals surface area contributed by atoms with Crippen LogP contribution in [0.4, 0.5) is 0 Å². The minimum Gasteiger partial charge on any atom is -0.334 e. The first kappa shape index (κ1) is 9.91. The van der Waals surface area contributed by atoms with Crippen molar-refractivity contribution >= 4 is 5.91 Å². The van der Waals surface area contributed by atoms with E-state index in [1.807, 2.05) is 0 Å². The van der Waals surface area contributed by atoms with Crippen LogP contribution in [-0.2, 0) is 4.79 Å². The third kappa shape index (κ3) is 3.57. The maximum atomic E-state index is 11.0. The SMILES string of the molecule is C=CCN(CC=C)C(=O)CN. The molecule has 0 heterocycles. The monoisotopic (exact) mass is 154 g/mol. The van der Waals surface area contributed by atoms with E-state index >= 15 is 0 Å². The van der Waals surface area contributed by atoms with Gasteiger partial charge in [0.25, 0.3) is 0 Å². The highest BCUT2D eigenvalue weighted by Gasteiger charge is 2.06. The molecule has 0 saturated heterocycles. The molecule has 1 amide bonds. The van der Waals surface area contributed by atoms with E-state index in [2.05, 4.69) is 13.2 Å². The Morgan fingerprint density at radius 3 is 2.09 bits per heavy atom. The van der Waals surface area contributed by atoms with E-state index in [1.165, 1.54) is 0 Å². The summed E-state index contributed by atoms with van der Waals surface area (Å²) in [6.07, 6.45) is 3.33. The molecule has 0 rings (SSSR count). The van der Waals surface area contributed by atoms with E-state index in [1.54, 1.807) is 17.1 Å². The first-order valence-electron chi connectivity index (χ1n) is 3.45. The van der Waals surface area contributed by atoms with Crippen LogP contribution < -0.4 is 5.73 Å². The molecule has 0 aromatic rings. The summed E-state index contributed by atoms with van der Waals surface area (Å²) >= 11 is 0. The predicted octanol–water partition coefficient (Wildman–Crippen LogP) is 0.146. The molecular formula is C8H14N2O. The van der Waals surface area contributed by atoms with Gasteiger partial charge in [0.1, 0.15) is 0 Å². The van der Waals surface area contributed by atoms with E-state index in [0.29, 0.717) is 13.1 Å². The van der Waals surface area contributed by atoms with Crippen LogP contribution in [0, 0.1) is 0 Å². The van der Waals surface area contributed by atoms with E-state index in [0.717, 1.165) is 0 Å². The van der Waals surface area contributed by atoms with E-state index in [-0.39, 0.29) is 12.5 Å². The first-order chi connectivity index (χ1) is 5.26. The number of hydrogen-bond donors (Lipinski definition) is 1. The lowest BCUT2D eigenvalue weighted by Gasteiger charge is -2.17. The van der Waals surface area contributed by atoms with Crippen molar-refractivity contribution in [2.45, 2.75) is 0 Å². The van der Waals surface area contributed by atoms with E-state index in [4.69, 9.17) is 5.73 Å². The lowest BCUT2D eigenvalue weighted by Crippen LogP contribution is -2.36. The van der Waals surface area contributed by atoms with Gasteiger partial charge in [-0.2, -0.15) is 0 Å². The summed E-state index contributed by atoms with van der Waals surface area (Å²) < 4.78 is 0. The Labute approximate surface area is 67.2 Å². The maximum Gasteiger partial charge on any atom is 0.236 e. The average Bonchev–Trinajstić information content (AvgIpc) is 2.03. The predicted molar refractivity (Wildman–Crippen MR) is 46.0 cm³/mol. The number of amides is 1. The fourth-order valence-corrected chi connectivity index (χ4v) is 0.719. The average molecular weight is 154 g/mol. The van der Waals surface area contributed by atoms with Gasteiger partial charge in [-0.1, -0.05) is 12.2 Å². The smallest absolute Gasteiger partial charge is 0.236 e. The maximum absolute atomic E-state index is 11.0. The summed E-state index contributed by atoms with van der Waals surface area (Å²) in [5.41, 5.74) is 5.17. The molecule has 11 heavy (non-hydrogen) atoms. The third-order valence-corrected chi connectivity index (χ3v) is 1.23. The molecule has 3 nitrogen and oxygen atoms in total. The Kier molecular flexibility index (Phi) is 5.11. The summed E-state index contributed by atoms with van der Waals surface area (Å²) in [5.74, 6) is -0.0789. The minimum atomic E-state index is -0.0789.